The van der Waals surface area contributed by atoms with Crippen LogP contribution in [0.5, 0.6) is 0 Å². The van der Waals surface area contributed by atoms with Gasteiger partial charge in [0.25, 0.3) is 5.69 Å². The zero-order chi connectivity index (χ0) is 29.3. The first-order chi connectivity index (χ1) is 18.6. The minimum Gasteiger partial charge on any atom is -0.382 e. The molecule has 1 saturated heterocycles. The molecule has 0 saturated carbocycles. The van der Waals surface area contributed by atoms with Gasteiger partial charge in [-0.2, -0.15) is 8.62 Å². The Labute approximate surface area is 223 Å². The lowest BCUT2D eigenvalue weighted by atomic mass is 10.1. The van der Waals surface area contributed by atoms with Crippen LogP contribution in [0.4, 0.5) is 11.5 Å². The van der Waals surface area contributed by atoms with Crippen molar-refractivity contribution < 1.29 is 60.8 Å². The van der Waals surface area contributed by atoms with Crippen molar-refractivity contribution in [1.82, 2.24) is 19.5 Å². The molecule has 1 aliphatic heterocycles. The topological polar surface area (TPSA) is 291 Å². The molecule has 1 fully saturated rings. The number of nitro benzene ring substituents is 1. The molecule has 0 radical (unpaired) electrons. The van der Waals surface area contributed by atoms with Crippen molar-refractivity contribution in [3.05, 3.63) is 52.6 Å². The fourth-order valence-corrected chi connectivity index (χ4v) is 6.79. The van der Waals surface area contributed by atoms with Gasteiger partial charge in [0, 0.05) is 12.5 Å². The van der Waals surface area contributed by atoms with Crippen molar-refractivity contribution in [1.29, 1.82) is 0 Å². The fraction of sp³-hybridized carbons (Fsp3) is 0.353. The second-order valence-corrected chi connectivity index (χ2v) is 12.5. The number of anilines is 1. The quantitative estimate of drug-likeness (QED) is 0.108. The molecule has 23 heteroatoms. The molecule has 5 unspecified atom stereocenters. The van der Waals surface area contributed by atoms with Crippen LogP contribution in [0.15, 0.2) is 36.9 Å². The van der Waals surface area contributed by atoms with Crippen molar-refractivity contribution in [2.75, 3.05) is 12.3 Å². The third-order valence-electron chi connectivity index (χ3n) is 5.34. The second kappa shape index (κ2) is 11.7. The summed E-state index contributed by atoms with van der Waals surface area (Å²) in [5, 5.41) is 11.4. The lowest BCUT2D eigenvalue weighted by Crippen LogP contribution is -2.29. The summed E-state index contributed by atoms with van der Waals surface area (Å²) in [6.45, 7) is -1.09. The van der Waals surface area contributed by atoms with Crippen molar-refractivity contribution in [2.45, 2.75) is 31.5 Å². The maximum Gasteiger partial charge on any atom is 0.490 e. The number of phosphoric acid groups is 3. The van der Waals surface area contributed by atoms with Gasteiger partial charge < -0.3 is 34.8 Å². The number of para-hydroxylation sites is 1. The molecular formula is C17H21N6O14P3. The molecule has 3 aromatic rings. The van der Waals surface area contributed by atoms with Crippen LogP contribution in [0.3, 0.4) is 0 Å². The van der Waals surface area contributed by atoms with E-state index in [4.69, 9.17) is 29.5 Å². The Kier molecular flexibility index (Phi) is 8.82. The Morgan fingerprint density at radius 1 is 1.10 bits per heavy atom. The van der Waals surface area contributed by atoms with Crippen LogP contribution < -0.4 is 5.73 Å². The molecule has 1 aliphatic rings. The third kappa shape index (κ3) is 7.52. The van der Waals surface area contributed by atoms with Crippen molar-refractivity contribution >= 4 is 46.1 Å². The second-order valence-electron chi connectivity index (χ2n) is 8.07. The van der Waals surface area contributed by atoms with E-state index in [2.05, 4.69) is 23.6 Å². The van der Waals surface area contributed by atoms with Gasteiger partial charge in [0.15, 0.2) is 11.5 Å². The molecule has 218 valence electrons. The van der Waals surface area contributed by atoms with Gasteiger partial charge >= 0.3 is 23.5 Å². The summed E-state index contributed by atoms with van der Waals surface area (Å²) in [4.78, 5) is 59.4. The first-order valence-corrected chi connectivity index (χ1v) is 15.4. The summed E-state index contributed by atoms with van der Waals surface area (Å²) in [6, 6.07) is 5.78. The molecule has 0 amide bonds. The molecule has 2 aromatic heterocycles. The third-order valence-corrected chi connectivity index (χ3v) is 9.14. The molecule has 40 heavy (non-hydrogen) atoms. The first kappa shape index (κ1) is 30.3. The number of phosphoric ester groups is 1. The van der Waals surface area contributed by atoms with Crippen molar-refractivity contribution in [3.8, 4) is 0 Å². The van der Waals surface area contributed by atoms with Crippen LogP contribution in [0.2, 0.25) is 0 Å². The largest absolute Gasteiger partial charge is 0.490 e. The average Bonchev–Trinajstić information content (AvgIpc) is 3.44. The van der Waals surface area contributed by atoms with Crippen molar-refractivity contribution in [3.63, 3.8) is 0 Å². The van der Waals surface area contributed by atoms with E-state index in [1.165, 1.54) is 35.4 Å². The number of ether oxygens (including phenoxy) is 2. The van der Waals surface area contributed by atoms with E-state index in [9.17, 15) is 33.6 Å². The van der Waals surface area contributed by atoms with E-state index in [0.717, 1.165) is 0 Å². The number of fused-ring (bicyclic) bond motifs is 1. The van der Waals surface area contributed by atoms with Crippen LogP contribution in [0, 0.1) is 10.1 Å². The molecule has 4 rings (SSSR count). The summed E-state index contributed by atoms with van der Waals surface area (Å²) < 4.78 is 60.0. The van der Waals surface area contributed by atoms with Gasteiger partial charge in [-0.05, 0) is 6.07 Å². The van der Waals surface area contributed by atoms with E-state index in [-0.39, 0.29) is 41.3 Å². The van der Waals surface area contributed by atoms with Gasteiger partial charge in [0.05, 0.1) is 36.1 Å². The number of benzene rings is 1. The zero-order valence-electron chi connectivity index (χ0n) is 19.8. The summed E-state index contributed by atoms with van der Waals surface area (Å²) >= 11 is 0. The van der Waals surface area contributed by atoms with E-state index in [1.54, 1.807) is 6.07 Å². The number of nitrogen functional groups attached to an aromatic ring is 1. The SMILES string of the molecule is Nc1ncnc2c1ncn2C1CC(OCc2ccccc2[N+](=O)[O-])C(COP(=O)(O)OP(=O)(O)OP(=O)(O)O)O1. The monoisotopic (exact) mass is 626 g/mol. The lowest BCUT2D eigenvalue weighted by Gasteiger charge is -2.21. The number of rotatable bonds is 12. The molecular weight excluding hydrogens is 605 g/mol. The van der Waals surface area contributed by atoms with Crippen LogP contribution in [-0.2, 0) is 42.9 Å². The first-order valence-electron chi connectivity index (χ1n) is 10.8. The van der Waals surface area contributed by atoms with Crippen LogP contribution in [0.25, 0.3) is 11.2 Å². The minimum atomic E-state index is -5.74. The predicted molar refractivity (Wildman–Crippen MR) is 130 cm³/mol. The molecule has 1 aromatic carbocycles. The highest BCUT2D eigenvalue weighted by molar-refractivity contribution is 7.66. The van der Waals surface area contributed by atoms with E-state index < -0.39 is 53.4 Å². The van der Waals surface area contributed by atoms with Gasteiger partial charge in [-0.25, -0.2) is 28.6 Å². The number of nitrogens with two attached hydrogens (primary N) is 1. The van der Waals surface area contributed by atoms with Gasteiger partial charge in [0.1, 0.15) is 24.2 Å². The summed E-state index contributed by atoms with van der Waals surface area (Å²) in [5.41, 5.74) is 6.37. The smallest absolute Gasteiger partial charge is 0.382 e. The standard InChI is InChI=1S/C17H21N6O14P3/c18-16-15-17(20-8-19-16)22(9-21-15)14-5-12(33-6-10-3-1-2-4-11(10)23(24)25)13(35-14)7-34-39(29,30)37-40(31,32)36-38(26,27)28/h1-4,8-9,12-14H,5-7H2,(H,29,30)(H,31,32)(H2,18,19,20)(H2,26,27,28). The molecule has 6 N–H and O–H groups in total. The number of hydrogen-bond acceptors (Lipinski definition) is 14. The Morgan fingerprint density at radius 3 is 2.52 bits per heavy atom. The van der Waals surface area contributed by atoms with Gasteiger partial charge in [0.2, 0.25) is 0 Å². The Bertz CT molecular complexity index is 1550. The zero-order valence-corrected chi connectivity index (χ0v) is 22.5. The molecule has 3 heterocycles. The lowest BCUT2D eigenvalue weighted by molar-refractivity contribution is -0.386. The molecule has 0 spiro atoms. The molecule has 20 nitrogen and oxygen atoms in total. The number of hydrogen-bond donors (Lipinski definition) is 5. The maximum atomic E-state index is 12.2. The van der Waals surface area contributed by atoms with Crippen molar-refractivity contribution in [2.24, 2.45) is 0 Å². The van der Waals surface area contributed by atoms with Gasteiger partial charge in [-0.15, -0.1) is 0 Å². The van der Waals surface area contributed by atoms with Gasteiger partial charge in [-0.1, -0.05) is 12.1 Å². The summed E-state index contributed by atoms with van der Waals surface area (Å²) in [6.07, 6.45) is -0.419. The van der Waals surface area contributed by atoms with Gasteiger partial charge in [-0.3, -0.25) is 19.2 Å². The van der Waals surface area contributed by atoms with E-state index in [1.807, 2.05) is 0 Å². The van der Waals surface area contributed by atoms with E-state index in [0.29, 0.717) is 0 Å². The number of imidazole rings is 1. The Balaban J connectivity index is 1.53. The minimum absolute atomic E-state index is 0.0421. The van der Waals surface area contributed by atoms with Crippen LogP contribution in [0.1, 0.15) is 18.2 Å². The Morgan fingerprint density at radius 2 is 1.82 bits per heavy atom. The van der Waals surface area contributed by atoms with Crippen LogP contribution in [-0.4, -0.2) is 62.8 Å². The maximum absolute atomic E-state index is 12.2. The highest BCUT2D eigenvalue weighted by Gasteiger charge is 2.43. The fourth-order valence-electron chi connectivity index (χ4n) is 3.76. The highest BCUT2D eigenvalue weighted by Crippen LogP contribution is 2.66. The predicted octanol–water partition coefficient (Wildman–Crippen LogP) is 1.53. The summed E-state index contributed by atoms with van der Waals surface area (Å²) in [5.74, 6) is 0.0927. The van der Waals surface area contributed by atoms with Crippen LogP contribution >= 0.6 is 23.5 Å². The molecule has 0 bridgehead atoms. The Hall–Kier alpha value is -2.70. The number of nitro groups is 1. The summed E-state index contributed by atoms with van der Waals surface area (Å²) in [7, 11) is -16.8. The molecule has 0 aliphatic carbocycles. The van der Waals surface area contributed by atoms with E-state index >= 15 is 0 Å². The number of aromatic nitrogens is 4. The molecule has 5 atom stereocenters. The normalized spacial score (nSPS) is 22.6. The highest BCUT2D eigenvalue weighted by atomic mass is 31.3. The average molecular weight is 626 g/mol. The number of nitrogens with zero attached hydrogens (tertiary/aromatic N) is 5.